The maximum Gasteiger partial charge on any atom is 0.326 e. The standard InChI is InChI=1S/C26H37N7O7/c1-3-13(2)22(26(39)40)33-24(37)18(8-9-20(28)34)31-25(38)19(11-21(29)35)32-23(36)16(27)10-14-12-30-17-7-5-4-6-15(14)17/h4-7,12-13,16,18-19,22,30H,3,8-11,27H2,1-2H3,(H2,28,34)(H2,29,35)(H,31,38)(H,32,36)(H,33,37)(H,39,40). The number of aromatic amines is 1. The van der Waals surface area contributed by atoms with Crippen LogP contribution in [0.3, 0.4) is 0 Å². The zero-order valence-electron chi connectivity index (χ0n) is 22.4. The molecule has 1 aromatic heterocycles. The lowest BCUT2D eigenvalue weighted by Crippen LogP contribution is -2.58. The van der Waals surface area contributed by atoms with Crippen molar-refractivity contribution >= 4 is 46.4 Å². The van der Waals surface area contributed by atoms with Crippen molar-refractivity contribution in [2.75, 3.05) is 0 Å². The third-order valence-corrected chi connectivity index (χ3v) is 6.58. The first-order valence-electron chi connectivity index (χ1n) is 12.8. The number of rotatable bonds is 16. The quantitative estimate of drug-likeness (QED) is 0.123. The van der Waals surface area contributed by atoms with Gasteiger partial charge in [-0.1, -0.05) is 38.5 Å². The summed E-state index contributed by atoms with van der Waals surface area (Å²) in [5, 5.41) is 17.5. The number of nitrogens with two attached hydrogens (primary N) is 3. The normalized spacial score (nSPS) is 14.8. The van der Waals surface area contributed by atoms with Crippen LogP contribution < -0.4 is 33.2 Å². The van der Waals surface area contributed by atoms with E-state index in [4.69, 9.17) is 17.2 Å². The Balaban J connectivity index is 2.17. The first kappa shape index (κ1) is 31.8. The molecule has 1 heterocycles. The minimum absolute atomic E-state index is 0.122. The Morgan fingerprint density at radius 1 is 0.925 bits per heavy atom. The number of H-pyrrole nitrogens is 1. The fraction of sp³-hybridized carbons (Fsp3) is 0.462. The Labute approximate surface area is 230 Å². The second-order valence-corrected chi connectivity index (χ2v) is 9.68. The smallest absolute Gasteiger partial charge is 0.326 e. The predicted octanol–water partition coefficient (Wildman–Crippen LogP) is -1.24. The third-order valence-electron chi connectivity index (χ3n) is 6.58. The van der Waals surface area contributed by atoms with Crippen LogP contribution in [0, 0.1) is 5.92 Å². The fourth-order valence-corrected chi connectivity index (χ4v) is 4.08. The number of para-hydroxylation sites is 1. The summed E-state index contributed by atoms with van der Waals surface area (Å²) in [4.78, 5) is 76.7. The van der Waals surface area contributed by atoms with Gasteiger partial charge in [-0.05, 0) is 30.4 Å². The summed E-state index contributed by atoms with van der Waals surface area (Å²) in [7, 11) is 0. The van der Waals surface area contributed by atoms with Crippen LogP contribution in [0.2, 0.25) is 0 Å². The van der Waals surface area contributed by atoms with E-state index >= 15 is 0 Å². The first-order chi connectivity index (χ1) is 18.8. The van der Waals surface area contributed by atoms with Gasteiger partial charge >= 0.3 is 5.97 Å². The molecule has 1 aromatic carbocycles. The molecule has 5 unspecified atom stereocenters. The summed E-state index contributed by atoms with van der Waals surface area (Å²) < 4.78 is 0. The average molecular weight is 560 g/mol. The lowest BCUT2D eigenvalue weighted by Gasteiger charge is -2.26. The van der Waals surface area contributed by atoms with Crippen molar-refractivity contribution in [3.05, 3.63) is 36.0 Å². The lowest BCUT2D eigenvalue weighted by atomic mass is 9.98. The number of primary amides is 2. The van der Waals surface area contributed by atoms with Crippen LogP contribution in [0.25, 0.3) is 10.9 Å². The van der Waals surface area contributed by atoms with Crippen LogP contribution in [-0.2, 0) is 35.2 Å². The third kappa shape index (κ3) is 9.08. The minimum atomic E-state index is -1.49. The number of carbonyl (C=O) groups excluding carboxylic acids is 5. The number of carbonyl (C=O) groups is 6. The highest BCUT2D eigenvalue weighted by Gasteiger charge is 2.32. The highest BCUT2D eigenvalue weighted by atomic mass is 16.4. The molecule has 0 aliphatic carbocycles. The Kier molecular flexibility index (Phi) is 11.6. The molecular formula is C26H37N7O7. The van der Waals surface area contributed by atoms with E-state index in [2.05, 4.69) is 20.9 Å². The number of aliphatic carboxylic acids is 1. The van der Waals surface area contributed by atoms with Crippen molar-refractivity contribution in [2.45, 2.75) is 70.1 Å². The van der Waals surface area contributed by atoms with Gasteiger partial charge in [-0.25, -0.2) is 4.79 Å². The molecule has 0 radical (unpaired) electrons. The van der Waals surface area contributed by atoms with Crippen LogP contribution in [0.4, 0.5) is 0 Å². The maximum absolute atomic E-state index is 13.1. The minimum Gasteiger partial charge on any atom is -0.480 e. The molecular weight excluding hydrogens is 522 g/mol. The number of carboxylic acids is 1. The van der Waals surface area contributed by atoms with Crippen molar-refractivity contribution in [3.63, 3.8) is 0 Å². The van der Waals surface area contributed by atoms with Crippen LogP contribution in [0.1, 0.15) is 45.1 Å². The maximum atomic E-state index is 13.1. The number of hydrogen-bond donors (Lipinski definition) is 8. The summed E-state index contributed by atoms with van der Waals surface area (Å²) in [6.07, 6.45) is 1.12. The number of aromatic nitrogens is 1. The van der Waals surface area contributed by atoms with E-state index in [9.17, 15) is 33.9 Å². The molecule has 5 amide bonds. The van der Waals surface area contributed by atoms with E-state index < -0.39 is 72.0 Å². The molecule has 0 saturated carbocycles. The van der Waals surface area contributed by atoms with E-state index in [0.29, 0.717) is 6.42 Å². The Bertz CT molecular complexity index is 1240. The fourth-order valence-electron chi connectivity index (χ4n) is 4.08. The highest BCUT2D eigenvalue weighted by Crippen LogP contribution is 2.19. The van der Waals surface area contributed by atoms with Crippen molar-refractivity contribution < 1.29 is 33.9 Å². The van der Waals surface area contributed by atoms with E-state index in [0.717, 1.165) is 16.5 Å². The van der Waals surface area contributed by atoms with Gasteiger partial charge in [0.05, 0.1) is 12.5 Å². The van der Waals surface area contributed by atoms with Crippen LogP contribution >= 0.6 is 0 Å². The van der Waals surface area contributed by atoms with Crippen LogP contribution in [-0.4, -0.2) is 69.8 Å². The number of amides is 5. The van der Waals surface area contributed by atoms with Gasteiger partial charge < -0.3 is 43.2 Å². The van der Waals surface area contributed by atoms with Gasteiger partial charge in [0.15, 0.2) is 0 Å². The van der Waals surface area contributed by atoms with Gasteiger partial charge in [0.1, 0.15) is 18.1 Å². The van der Waals surface area contributed by atoms with Crippen LogP contribution in [0.5, 0.6) is 0 Å². The van der Waals surface area contributed by atoms with Gasteiger partial charge in [-0.2, -0.15) is 0 Å². The predicted molar refractivity (Wildman–Crippen MR) is 145 cm³/mol. The second-order valence-electron chi connectivity index (χ2n) is 9.68. The highest BCUT2D eigenvalue weighted by molar-refractivity contribution is 5.96. The number of nitrogens with one attached hydrogen (secondary N) is 4. The molecule has 14 nitrogen and oxygen atoms in total. The molecule has 2 rings (SSSR count). The van der Waals surface area contributed by atoms with Crippen molar-refractivity contribution in [3.8, 4) is 0 Å². The molecule has 14 heteroatoms. The van der Waals surface area contributed by atoms with E-state index in [-0.39, 0.29) is 19.3 Å². The van der Waals surface area contributed by atoms with Gasteiger partial charge in [-0.15, -0.1) is 0 Å². The number of fused-ring (bicyclic) bond motifs is 1. The van der Waals surface area contributed by atoms with Gasteiger partial charge in [-0.3, -0.25) is 24.0 Å². The number of hydrogen-bond acceptors (Lipinski definition) is 7. The van der Waals surface area contributed by atoms with Gasteiger partial charge in [0, 0.05) is 23.5 Å². The number of benzene rings is 1. The zero-order chi connectivity index (χ0) is 30.0. The molecule has 2 aromatic rings. The molecule has 11 N–H and O–H groups in total. The monoisotopic (exact) mass is 559 g/mol. The molecule has 218 valence electrons. The Morgan fingerprint density at radius 2 is 1.55 bits per heavy atom. The molecule has 0 spiro atoms. The first-order valence-corrected chi connectivity index (χ1v) is 12.8. The summed E-state index contributed by atoms with van der Waals surface area (Å²) in [5.74, 6) is -5.94. The van der Waals surface area contributed by atoms with Crippen molar-refractivity contribution in [1.29, 1.82) is 0 Å². The molecule has 40 heavy (non-hydrogen) atoms. The van der Waals surface area contributed by atoms with Gasteiger partial charge in [0.2, 0.25) is 29.5 Å². The zero-order valence-corrected chi connectivity index (χ0v) is 22.4. The summed E-state index contributed by atoms with van der Waals surface area (Å²) in [6.45, 7) is 3.38. The van der Waals surface area contributed by atoms with E-state index in [1.165, 1.54) is 0 Å². The average Bonchev–Trinajstić information content (AvgIpc) is 3.30. The van der Waals surface area contributed by atoms with Crippen LogP contribution in [0.15, 0.2) is 30.5 Å². The summed E-state index contributed by atoms with van der Waals surface area (Å²) in [6, 6.07) is 2.19. The lowest BCUT2D eigenvalue weighted by molar-refractivity contribution is -0.144. The van der Waals surface area contributed by atoms with Crippen molar-refractivity contribution in [2.24, 2.45) is 23.1 Å². The summed E-state index contributed by atoms with van der Waals surface area (Å²) >= 11 is 0. The molecule has 0 aliphatic heterocycles. The van der Waals surface area contributed by atoms with Crippen molar-refractivity contribution in [1.82, 2.24) is 20.9 Å². The largest absolute Gasteiger partial charge is 0.480 e. The molecule has 0 saturated heterocycles. The molecule has 0 fully saturated rings. The Hall–Kier alpha value is -4.46. The summed E-state index contributed by atoms with van der Waals surface area (Å²) in [5.41, 5.74) is 18.2. The molecule has 0 aliphatic rings. The topological polar surface area (TPSA) is 253 Å². The van der Waals surface area contributed by atoms with E-state index in [1.807, 2.05) is 24.3 Å². The SMILES string of the molecule is CCC(C)C(NC(=O)C(CCC(N)=O)NC(=O)C(CC(N)=O)NC(=O)C(N)Cc1c[nH]c2ccccc12)C(=O)O. The Morgan fingerprint density at radius 3 is 2.15 bits per heavy atom. The second kappa shape index (κ2) is 14.6. The molecule has 5 atom stereocenters. The van der Waals surface area contributed by atoms with E-state index in [1.54, 1.807) is 20.0 Å². The van der Waals surface area contributed by atoms with Gasteiger partial charge in [0.25, 0.3) is 0 Å². The number of carboxylic acid groups (broad SMARTS) is 1. The molecule has 0 bridgehead atoms.